The Labute approximate surface area is 185 Å². The third-order valence-electron chi connectivity index (χ3n) is 4.80. The Balaban J connectivity index is 1.97. The third-order valence-corrected chi connectivity index (χ3v) is 5.90. The van der Waals surface area contributed by atoms with Crippen molar-refractivity contribution >= 4 is 33.1 Å². The SMILES string of the molecule is N#Cc1c(N)nc(C(C#N)c2nc3ccccc3s2)c(C#N)c1-c1ccc([N+](=O)[O-])cc1. The lowest BCUT2D eigenvalue weighted by molar-refractivity contribution is -0.384. The van der Waals surface area contributed by atoms with Crippen molar-refractivity contribution < 1.29 is 4.92 Å². The number of rotatable bonds is 4. The first-order valence-electron chi connectivity index (χ1n) is 9.12. The average Bonchev–Trinajstić information content (AvgIpc) is 3.23. The second kappa shape index (κ2) is 8.11. The number of nitro benzene ring substituents is 1. The highest BCUT2D eigenvalue weighted by Gasteiger charge is 2.28. The number of nitro groups is 1. The van der Waals surface area contributed by atoms with Crippen LogP contribution < -0.4 is 5.73 Å². The molecule has 32 heavy (non-hydrogen) atoms. The van der Waals surface area contributed by atoms with E-state index >= 15 is 0 Å². The number of nitriles is 3. The van der Waals surface area contributed by atoms with Crippen LogP contribution in [0.25, 0.3) is 21.3 Å². The van der Waals surface area contributed by atoms with Crippen molar-refractivity contribution in [2.45, 2.75) is 5.92 Å². The van der Waals surface area contributed by atoms with Gasteiger partial charge in [0.2, 0.25) is 0 Å². The molecule has 0 bridgehead atoms. The first-order chi connectivity index (χ1) is 15.5. The maximum Gasteiger partial charge on any atom is 0.269 e. The van der Waals surface area contributed by atoms with E-state index in [1.165, 1.54) is 35.6 Å². The number of thiazole rings is 1. The fourth-order valence-corrected chi connectivity index (χ4v) is 4.36. The molecular weight excluding hydrogens is 426 g/mol. The van der Waals surface area contributed by atoms with Gasteiger partial charge in [0.15, 0.2) is 0 Å². The monoisotopic (exact) mass is 437 g/mol. The molecule has 0 saturated carbocycles. The summed E-state index contributed by atoms with van der Waals surface area (Å²) in [6, 6.07) is 18.9. The average molecular weight is 437 g/mol. The van der Waals surface area contributed by atoms with Gasteiger partial charge in [-0.05, 0) is 29.8 Å². The van der Waals surface area contributed by atoms with Crippen molar-refractivity contribution in [3.8, 4) is 29.3 Å². The number of aromatic nitrogens is 2. The fourth-order valence-electron chi connectivity index (χ4n) is 3.34. The topological polar surface area (TPSA) is 166 Å². The summed E-state index contributed by atoms with van der Waals surface area (Å²) in [5, 5.41) is 41.0. The van der Waals surface area contributed by atoms with Crippen LogP contribution in [0.2, 0.25) is 0 Å². The molecule has 1 unspecified atom stereocenters. The molecule has 0 aliphatic rings. The molecule has 2 heterocycles. The zero-order valence-corrected chi connectivity index (χ0v) is 17.0. The number of non-ortho nitro benzene ring substituents is 1. The summed E-state index contributed by atoms with van der Waals surface area (Å²) in [6.07, 6.45) is 0. The van der Waals surface area contributed by atoms with Gasteiger partial charge in [0, 0.05) is 17.7 Å². The maximum absolute atomic E-state index is 11.0. The lowest BCUT2D eigenvalue weighted by Gasteiger charge is -2.15. The Morgan fingerprint density at radius 2 is 1.69 bits per heavy atom. The number of pyridine rings is 1. The van der Waals surface area contributed by atoms with Gasteiger partial charge < -0.3 is 5.73 Å². The van der Waals surface area contributed by atoms with Gasteiger partial charge in [-0.15, -0.1) is 11.3 Å². The summed E-state index contributed by atoms with van der Waals surface area (Å²) in [7, 11) is 0. The van der Waals surface area contributed by atoms with Crippen LogP contribution in [0.4, 0.5) is 11.5 Å². The predicted octanol–water partition coefficient (Wildman–Crippen LogP) is 4.25. The van der Waals surface area contributed by atoms with E-state index in [1.807, 2.05) is 36.4 Å². The fraction of sp³-hybridized carbons (Fsp3) is 0.0455. The largest absolute Gasteiger partial charge is 0.383 e. The van der Waals surface area contributed by atoms with Crippen molar-refractivity contribution in [2.24, 2.45) is 0 Å². The maximum atomic E-state index is 11.0. The Kier molecular flexibility index (Phi) is 5.18. The van der Waals surface area contributed by atoms with E-state index in [0.29, 0.717) is 16.1 Å². The summed E-state index contributed by atoms with van der Waals surface area (Å²) in [4.78, 5) is 19.2. The van der Waals surface area contributed by atoms with Gasteiger partial charge in [-0.1, -0.05) is 12.1 Å². The molecule has 152 valence electrons. The number of hydrogen-bond acceptors (Lipinski definition) is 9. The van der Waals surface area contributed by atoms with Crippen molar-refractivity contribution in [2.75, 3.05) is 5.73 Å². The van der Waals surface area contributed by atoms with Crippen LogP contribution >= 0.6 is 11.3 Å². The van der Waals surface area contributed by atoms with Gasteiger partial charge in [-0.25, -0.2) is 9.97 Å². The third kappa shape index (κ3) is 3.35. The highest BCUT2D eigenvalue weighted by atomic mass is 32.1. The molecule has 0 aliphatic heterocycles. The second-order valence-electron chi connectivity index (χ2n) is 6.62. The van der Waals surface area contributed by atoms with Crippen molar-refractivity contribution in [1.29, 1.82) is 15.8 Å². The highest BCUT2D eigenvalue weighted by molar-refractivity contribution is 7.18. The summed E-state index contributed by atoms with van der Waals surface area (Å²) in [6.45, 7) is 0. The van der Waals surface area contributed by atoms with Crippen LogP contribution in [0.3, 0.4) is 0 Å². The van der Waals surface area contributed by atoms with Crippen LogP contribution in [0.5, 0.6) is 0 Å². The Bertz CT molecular complexity index is 1470. The molecule has 2 N–H and O–H groups in total. The minimum absolute atomic E-state index is 0.00425. The molecule has 0 amide bonds. The minimum atomic E-state index is -0.992. The molecule has 0 spiro atoms. The summed E-state index contributed by atoms with van der Waals surface area (Å²) >= 11 is 1.30. The van der Waals surface area contributed by atoms with Gasteiger partial charge in [0.05, 0.1) is 32.5 Å². The Hall–Kier alpha value is -4.85. The van der Waals surface area contributed by atoms with Crippen LogP contribution in [0.15, 0.2) is 48.5 Å². The van der Waals surface area contributed by atoms with Crippen LogP contribution in [-0.4, -0.2) is 14.9 Å². The minimum Gasteiger partial charge on any atom is -0.383 e. The molecule has 4 rings (SSSR count). The molecule has 4 aromatic rings. The predicted molar refractivity (Wildman–Crippen MR) is 117 cm³/mol. The zero-order valence-electron chi connectivity index (χ0n) is 16.2. The number of nitrogens with zero attached hydrogens (tertiary/aromatic N) is 6. The molecular formula is C22H11N7O2S. The van der Waals surface area contributed by atoms with Crippen molar-refractivity contribution in [3.63, 3.8) is 0 Å². The quantitative estimate of drug-likeness (QED) is 0.365. The van der Waals surface area contributed by atoms with E-state index in [0.717, 1.165) is 4.70 Å². The molecule has 0 radical (unpaired) electrons. The number of para-hydroxylation sites is 1. The molecule has 0 saturated heterocycles. The number of benzene rings is 2. The van der Waals surface area contributed by atoms with E-state index in [-0.39, 0.29) is 33.9 Å². The summed E-state index contributed by atoms with van der Waals surface area (Å²) in [5.41, 5.74) is 7.20. The van der Waals surface area contributed by atoms with Gasteiger partial charge in [0.1, 0.15) is 34.4 Å². The highest BCUT2D eigenvalue weighted by Crippen LogP contribution is 2.38. The van der Waals surface area contributed by atoms with Gasteiger partial charge >= 0.3 is 0 Å². The van der Waals surface area contributed by atoms with Crippen LogP contribution in [-0.2, 0) is 0 Å². The van der Waals surface area contributed by atoms with E-state index in [4.69, 9.17) is 5.73 Å². The lowest BCUT2D eigenvalue weighted by Crippen LogP contribution is -2.10. The van der Waals surface area contributed by atoms with Gasteiger partial charge in [-0.3, -0.25) is 10.1 Å². The van der Waals surface area contributed by atoms with Gasteiger partial charge in [0.25, 0.3) is 5.69 Å². The van der Waals surface area contributed by atoms with E-state index in [9.17, 15) is 25.9 Å². The standard InChI is InChI=1S/C22H11N7O2S/c23-9-14-19(12-5-7-13(8-6-12)29(30)31)15(10-24)21(26)28-20(14)16(11-25)22-27-17-3-1-2-4-18(17)32-22/h1-8,16H,(H2,26,28). The Morgan fingerprint density at radius 1 is 1.00 bits per heavy atom. The van der Waals surface area contributed by atoms with Gasteiger partial charge in [-0.2, -0.15) is 15.8 Å². The molecule has 0 fully saturated rings. The normalized spacial score (nSPS) is 11.3. The number of fused-ring (bicyclic) bond motifs is 1. The van der Waals surface area contributed by atoms with E-state index < -0.39 is 10.8 Å². The molecule has 10 heteroatoms. The second-order valence-corrected chi connectivity index (χ2v) is 7.68. The molecule has 2 aromatic carbocycles. The first kappa shape index (κ1) is 20.4. The molecule has 1 atom stereocenters. The van der Waals surface area contributed by atoms with Crippen LogP contribution in [0, 0.1) is 44.1 Å². The lowest BCUT2D eigenvalue weighted by atomic mass is 9.91. The first-order valence-corrected chi connectivity index (χ1v) is 9.93. The van der Waals surface area contributed by atoms with E-state index in [1.54, 1.807) is 0 Å². The van der Waals surface area contributed by atoms with Crippen molar-refractivity contribution in [3.05, 3.63) is 80.5 Å². The molecule has 9 nitrogen and oxygen atoms in total. The smallest absolute Gasteiger partial charge is 0.269 e. The molecule has 0 aliphatic carbocycles. The number of nitrogen functional groups attached to an aromatic ring is 1. The molecule has 2 aromatic heterocycles. The number of anilines is 1. The summed E-state index contributed by atoms with van der Waals surface area (Å²) in [5.74, 6) is -1.13. The number of hydrogen-bond donors (Lipinski definition) is 1. The Morgan fingerprint density at radius 3 is 2.28 bits per heavy atom. The van der Waals surface area contributed by atoms with Crippen LogP contribution in [0.1, 0.15) is 27.7 Å². The number of nitrogens with two attached hydrogens (primary N) is 1. The van der Waals surface area contributed by atoms with Crippen molar-refractivity contribution in [1.82, 2.24) is 9.97 Å². The zero-order chi connectivity index (χ0) is 22.8. The van der Waals surface area contributed by atoms with E-state index in [2.05, 4.69) is 16.0 Å². The summed E-state index contributed by atoms with van der Waals surface area (Å²) < 4.78 is 0.874.